The Morgan fingerprint density at radius 3 is 2.34 bits per heavy atom. The van der Waals surface area contributed by atoms with Gasteiger partial charge in [0, 0.05) is 16.1 Å². The molecule has 1 fully saturated rings. The van der Waals surface area contributed by atoms with Crippen molar-refractivity contribution in [3.63, 3.8) is 0 Å². The van der Waals surface area contributed by atoms with E-state index >= 15 is 0 Å². The molecule has 6 heteroatoms. The molecule has 0 unspecified atom stereocenters. The molecule has 1 saturated carbocycles. The Balaban J connectivity index is 1.63. The molecule has 1 spiro atoms. The third kappa shape index (κ3) is 3.79. The van der Waals surface area contributed by atoms with Crippen molar-refractivity contribution in [2.24, 2.45) is 4.99 Å². The number of nitrogens with zero attached hydrogens (tertiary/aromatic N) is 2. The Kier molecular flexibility index (Phi) is 5.41. The number of hydrogen-bond acceptors (Lipinski definition) is 4. The first-order valence-electron chi connectivity index (χ1n) is 9.87. The van der Waals surface area contributed by atoms with E-state index < -0.39 is 5.66 Å². The van der Waals surface area contributed by atoms with Gasteiger partial charge in [0.1, 0.15) is 17.1 Å². The summed E-state index contributed by atoms with van der Waals surface area (Å²) in [5.41, 5.74) is 1.10. The van der Waals surface area contributed by atoms with E-state index in [1.54, 1.807) is 48.4 Å². The average Bonchev–Trinajstić information content (AvgIpc) is 3.01. The van der Waals surface area contributed by atoms with Crippen molar-refractivity contribution in [3.8, 4) is 5.75 Å². The summed E-state index contributed by atoms with van der Waals surface area (Å²) >= 11 is 6.00. The smallest absolute Gasteiger partial charge is 0.275 e. The number of Topliss-reactive ketones (excluding diaryl/α,β-unsaturated/α-hetero) is 1. The molecule has 0 saturated heterocycles. The van der Waals surface area contributed by atoms with Gasteiger partial charge >= 0.3 is 0 Å². The van der Waals surface area contributed by atoms with Gasteiger partial charge in [-0.15, -0.1) is 0 Å². The van der Waals surface area contributed by atoms with Gasteiger partial charge < -0.3 is 9.64 Å². The molecule has 2 aliphatic rings. The maximum Gasteiger partial charge on any atom is 0.275 e. The van der Waals surface area contributed by atoms with E-state index in [1.807, 2.05) is 12.1 Å². The van der Waals surface area contributed by atoms with Crippen molar-refractivity contribution in [3.05, 3.63) is 64.7 Å². The van der Waals surface area contributed by atoms with Crippen LogP contribution in [0.5, 0.6) is 5.75 Å². The molecule has 5 nitrogen and oxygen atoms in total. The van der Waals surface area contributed by atoms with Gasteiger partial charge in [-0.25, -0.2) is 0 Å². The van der Waals surface area contributed by atoms with Crippen molar-refractivity contribution in [1.82, 2.24) is 4.90 Å². The molecule has 4 rings (SSSR count). The summed E-state index contributed by atoms with van der Waals surface area (Å²) in [5.74, 6) is 0.408. The van der Waals surface area contributed by atoms with Crippen LogP contribution in [0.2, 0.25) is 5.02 Å². The van der Waals surface area contributed by atoms with E-state index in [2.05, 4.69) is 0 Å². The fourth-order valence-electron chi connectivity index (χ4n) is 4.16. The Hall–Kier alpha value is -2.66. The van der Waals surface area contributed by atoms with Crippen molar-refractivity contribution in [2.75, 3.05) is 13.7 Å². The molecule has 0 radical (unpaired) electrons. The topological polar surface area (TPSA) is 59.0 Å². The predicted octanol–water partition coefficient (Wildman–Crippen LogP) is 4.52. The Morgan fingerprint density at radius 2 is 1.72 bits per heavy atom. The minimum absolute atomic E-state index is 0.0196. The third-order valence-corrected chi connectivity index (χ3v) is 6.01. The molecule has 1 heterocycles. The lowest BCUT2D eigenvalue weighted by Crippen LogP contribution is -2.50. The van der Waals surface area contributed by atoms with Crippen LogP contribution < -0.4 is 4.74 Å². The number of amides is 1. The fourth-order valence-corrected chi connectivity index (χ4v) is 4.29. The largest absolute Gasteiger partial charge is 0.497 e. The monoisotopic (exact) mass is 410 g/mol. The highest BCUT2D eigenvalue weighted by molar-refractivity contribution is 6.47. The van der Waals surface area contributed by atoms with Gasteiger partial charge in [-0.05, 0) is 62.1 Å². The highest BCUT2D eigenvalue weighted by Gasteiger charge is 2.48. The lowest BCUT2D eigenvalue weighted by molar-refractivity contribution is -0.128. The molecule has 2 aromatic carbocycles. The first-order valence-corrected chi connectivity index (χ1v) is 10.3. The summed E-state index contributed by atoms with van der Waals surface area (Å²) in [5, 5.41) is 0.610. The molecular formula is C23H23ClN2O3. The first-order chi connectivity index (χ1) is 14.0. The average molecular weight is 411 g/mol. The van der Waals surface area contributed by atoms with Crippen LogP contribution in [-0.4, -0.2) is 41.6 Å². The van der Waals surface area contributed by atoms with Crippen LogP contribution >= 0.6 is 11.6 Å². The van der Waals surface area contributed by atoms with Crippen LogP contribution in [0, 0.1) is 0 Å². The number of ketones is 1. The van der Waals surface area contributed by atoms with Gasteiger partial charge in [0.05, 0.1) is 13.7 Å². The molecule has 1 amide bonds. The van der Waals surface area contributed by atoms with Crippen molar-refractivity contribution in [2.45, 2.75) is 37.8 Å². The number of methoxy groups -OCH3 is 1. The summed E-state index contributed by atoms with van der Waals surface area (Å²) in [7, 11) is 1.59. The molecule has 0 atom stereocenters. The maximum absolute atomic E-state index is 13.3. The second-order valence-corrected chi connectivity index (χ2v) is 7.99. The van der Waals surface area contributed by atoms with Gasteiger partial charge in [0.25, 0.3) is 5.91 Å². The van der Waals surface area contributed by atoms with Crippen LogP contribution in [0.15, 0.2) is 53.5 Å². The van der Waals surface area contributed by atoms with Gasteiger partial charge in [-0.3, -0.25) is 14.6 Å². The highest BCUT2D eigenvalue weighted by Crippen LogP contribution is 2.39. The van der Waals surface area contributed by atoms with E-state index in [0.717, 1.165) is 37.7 Å². The highest BCUT2D eigenvalue weighted by atomic mass is 35.5. The number of halogens is 1. The molecule has 2 aromatic rings. The molecule has 150 valence electrons. The lowest BCUT2D eigenvalue weighted by atomic mass is 9.88. The van der Waals surface area contributed by atoms with E-state index in [4.69, 9.17) is 21.3 Å². The summed E-state index contributed by atoms with van der Waals surface area (Å²) in [6.45, 7) is 0.0196. The second kappa shape index (κ2) is 7.99. The summed E-state index contributed by atoms with van der Waals surface area (Å²) in [6.07, 6.45) is 4.69. The lowest BCUT2D eigenvalue weighted by Gasteiger charge is -2.38. The van der Waals surface area contributed by atoms with Gasteiger partial charge in [-0.1, -0.05) is 30.2 Å². The van der Waals surface area contributed by atoms with Crippen molar-refractivity contribution in [1.29, 1.82) is 0 Å². The molecule has 0 aromatic heterocycles. The van der Waals surface area contributed by atoms with E-state index in [9.17, 15) is 9.59 Å². The number of carbonyl (C=O) groups is 2. The van der Waals surface area contributed by atoms with Gasteiger partial charge in [-0.2, -0.15) is 0 Å². The van der Waals surface area contributed by atoms with Gasteiger partial charge in [0.2, 0.25) is 0 Å². The van der Waals surface area contributed by atoms with E-state index in [-0.39, 0.29) is 18.2 Å². The summed E-state index contributed by atoms with van der Waals surface area (Å²) < 4.78 is 5.16. The Bertz CT molecular complexity index is 945. The molecular weight excluding hydrogens is 388 g/mol. The Labute approximate surface area is 175 Å². The van der Waals surface area contributed by atoms with Gasteiger partial charge in [0.15, 0.2) is 5.78 Å². The number of carbonyl (C=O) groups excluding carboxylic acids is 2. The third-order valence-electron chi connectivity index (χ3n) is 5.76. The zero-order chi connectivity index (χ0) is 20.4. The van der Waals surface area contributed by atoms with Crippen LogP contribution in [-0.2, 0) is 4.79 Å². The molecule has 29 heavy (non-hydrogen) atoms. The van der Waals surface area contributed by atoms with Crippen molar-refractivity contribution >= 4 is 29.0 Å². The molecule has 1 aliphatic carbocycles. The quantitative estimate of drug-likeness (QED) is 0.681. The van der Waals surface area contributed by atoms with Crippen molar-refractivity contribution < 1.29 is 14.3 Å². The number of ether oxygens (including phenoxy) is 1. The fraction of sp³-hybridized carbons (Fsp3) is 0.348. The number of rotatable bonds is 5. The van der Waals surface area contributed by atoms with E-state index in [1.165, 1.54) is 0 Å². The van der Waals surface area contributed by atoms with Crippen LogP contribution in [0.3, 0.4) is 0 Å². The zero-order valence-electron chi connectivity index (χ0n) is 16.4. The SMILES string of the molecule is COc1ccc(C(=O)CN2C(=O)C(c3ccc(Cl)cc3)=NC23CCCCC3)cc1. The normalized spacial score (nSPS) is 18.1. The number of aliphatic imine (C=N–C) groups is 1. The minimum atomic E-state index is -0.619. The second-order valence-electron chi connectivity index (χ2n) is 7.55. The maximum atomic E-state index is 13.3. The van der Waals surface area contributed by atoms with Crippen LogP contribution in [0.25, 0.3) is 0 Å². The summed E-state index contributed by atoms with van der Waals surface area (Å²) in [4.78, 5) is 32.9. The molecule has 1 aliphatic heterocycles. The van der Waals surface area contributed by atoms with Crippen LogP contribution in [0.4, 0.5) is 0 Å². The number of benzene rings is 2. The zero-order valence-corrected chi connectivity index (χ0v) is 17.1. The first kappa shape index (κ1) is 19.6. The van der Waals surface area contributed by atoms with Crippen LogP contribution in [0.1, 0.15) is 48.0 Å². The standard InChI is InChI=1S/C23H23ClN2O3/c1-29-19-11-7-16(8-12-19)20(27)15-26-22(28)21(17-5-9-18(24)10-6-17)25-23(26)13-3-2-4-14-23/h5-12H,2-4,13-15H2,1H3. The predicted molar refractivity (Wildman–Crippen MR) is 113 cm³/mol. The van der Waals surface area contributed by atoms with E-state index in [0.29, 0.717) is 22.0 Å². The molecule has 0 bridgehead atoms. The summed E-state index contributed by atoms with van der Waals surface area (Å²) in [6, 6.07) is 14.1. The Morgan fingerprint density at radius 1 is 1.07 bits per heavy atom. The minimum Gasteiger partial charge on any atom is -0.497 e. The number of hydrogen-bond donors (Lipinski definition) is 0. The molecule has 0 N–H and O–H groups in total.